The van der Waals surface area contributed by atoms with Crippen LogP contribution in [0.2, 0.25) is 0 Å². The zero-order chi connectivity index (χ0) is 12.3. The molecule has 3 nitrogen and oxygen atoms in total. The van der Waals surface area contributed by atoms with Crippen molar-refractivity contribution in [1.82, 2.24) is 4.90 Å². The topological polar surface area (TPSA) is 32.7 Å². The normalized spacial score (nSPS) is 20.8. The van der Waals surface area contributed by atoms with Gasteiger partial charge in [0.2, 0.25) is 0 Å². The Balaban J connectivity index is 2.27. The average Bonchev–Trinajstić information content (AvgIpc) is 2.90. The molecule has 0 atom stereocenters. The molecule has 1 aliphatic rings. The fraction of sp³-hybridized carbons (Fsp3) is 0.333. The van der Waals surface area contributed by atoms with Crippen LogP contribution in [0.4, 0.5) is 0 Å². The monoisotopic (exact) mass is 266 g/mol. The number of aliphatic imine (C=N–C) groups is 1. The second kappa shape index (κ2) is 5.51. The van der Waals surface area contributed by atoms with Gasteiger partial charge < -0.3 is 0 Å². The van der Waals surface area contributed by atoms with Crippen LogP contribution < -0.4 is 0 Å². The highest BCUT2D eigenvalue weighted by molar-refractivity contribution is 8.18. The molecule has 17 heavy (non-hydrogen) atoms. The summed E-state index contributed by atoms with van der Waals surface area (Å²) in [6, 6.07) is 4.00. The first-order chi connectivity index (χ1) is 8.26. The van der Waals surface area contributed by atoms with Crippen molar-refractivity contribution < 1.29 is 4.79 Å². The molecular formula is C12H14N2OS2. The molecule has 1 aliphatic heterocycles. The van der Waals surface area contributed by atoms with Crippen molar-refractivity contribution in [3.8, 4) is 0 Å². The molecule has 0 spiro atoms. The lowest BCUT2D eigenvalue weighted by atomic mass is 10.4. The second-order valence-electron chi connectivity index (χ2n) is 3.43. The summed E-state index contributed by atoms with van der Waals surface area (Å²) in [5.74, 6) is 0.0677. The van der Waals surface area contributed by atoms with Crippen molar-refractivity contribution in [3.05, 3.63) is 27.3 Å². The molecule has 90 valence electrons. The van der Waals surface area contributed by atoms with Gasteiger partial charge in [-0.05, 0) is 43.1 Å². The third-order valence-corrected chi connectivity index (χ3v) is 4.18. The zero-order valence-corrected chi connectivity index (χ0v) is 11.5. The summed E-state index contributed by atoms with van der Waals surface area (Å²) < 4.78 is 0. The van der Waals surface area contributed by atoms with Gasteiger partial charge in [-0.2, -0.15) is 0 Å². The van der Waals surface area contributed by atoms with Crippen molar-refractivity contribution in [1.29, 1.82) is 0 Å². The number of thiophene rings is 1. The SMILES string of the molecule is CCN=C1SC(=Cc2cccs2)C(=O)N1CC. The van der Waals surface area contributed by atoms with Gasteiger partial charge in [0.05, 0.1) is 4.91 Å². The summed E-state index contributed by atoms with van der Waals surface area (Å²) in [6.45, 7) is 5.33. The van der Waals surface area contributed by atoms with Crippen LogP contribution >= 0.6 is 23.1 Å². The Kier molecular flexibility index (Phi) is 4.02. The Bertz CT molecular complexity index is 463. The maximum atomic E-state index is 12.1. The highest BCUT2D eigenvalue weighted by atomic mass is 32.2. The number of thioether (sulfide) groups is 1. The number of likely N-dealkylation sites (N-methyl/N-ethyl adjacent to an activating group) is 1. The molecular weight excluding hydrogens is 252 g/mol. The van der Waals surface area contributed by atoms with Crippen LogP contribution in [0.5, 0.6) is 0 Å². The van der Waals surface area contributed by atoms with Gasteiger partial charge in [-0.1, -0.05) is 6.07 Å². The lowest BCUT2D eigenvalue weighted by Gasteiger charge is -2.11. The van der Waals surface area contributed by atoms with Crippen LogP contribution in [-0.4, -0.2) is 29.1 Å². The number of nitrogens with zero attached hydrogens (tertiary/aromatic N) is 2. The predicted octanol–water partition coefficient (Wildman–Crippen LogP) is 3.06. The highest BCUT2D eigenvalue weighted by Crippen LogP contribution is 2.32. The molecule has 0 aromatic carbocycles. The largest absolute Gasteiger partial charge is 0.287 e. The predicted molar refractivity (Wildman–Crippen MR) is 75.3 cm³/mol. The smallest absolute Gasteiger partial charge is 0.266 e. The highest BCUT2D eigenvalue weighted by Gasteiger charge is 2.31. The number of rotatable bonds is 3. The third kappa shape index (κ3) is 2.61. The summed E-state index contributed by atoms with van der Waals surface area (Å²) in [5, 5.41) is 2.83. The van der Waals surface area contributed by atoms with E-state index >= 15 is 0 Å². The van der Waals surface area contributed by atoms with Gasteiger partial charge >= 0.3 is 0 Å². The van der Waals surface area contributed by atoms with Crippen LogP contribution in [-0.2, 0) is 4.79 Å². The van der Waals surface area contributed by atoms with E-state index in [0.717, 1.165) is 14.9 Å². The zero-order valence-electron chi connectivity index (χ0n) is 9.84. The summed E-state index contributed by atoms with van der Waals surface area (Å²) >= 11 is 3.10. The Labute approximate surface area is 109 Å². The van der Waals surface area contributed by atoms with Crippen molar-refractivity contribution >= 4 is 40.2 Å². The number of amides is 1. The Morgan fingerprint density at radius 2 is 2.29 bits per heavy atom. The van der Waals surface area contributed by atoms with Crippen molar-refractivity contribution in [2.24, 2.45) is 4.99 Å². The van der Waals surface area contributed by atoms with E-state index in [1.54, 1.807) is 16.2 Å². The molecule has 0 bridgehead atoms. The number of carbonyl (C=O) groups excluding carboxylic acids is 1. The van der Waals surface area contributed by atoms with E-state index in [1.807, 2.05) is 37.4 Å². The van der Waals surface area contributed by atoms with Crippen molar-refractivity contribution in [3.63, 3.8) is 0 Å². The molecule has 0 N–H and O–H groups in total. The lowest BCUT2D eigenvalue weighted by Crippen LogP contribution is -2.28. The van der Waals surface area contributed by atoms with Gasteiger partial charge in [-0.3, -0.25) is 14.7 Å². The van der Waals surface area contributed by atoms with E-state index in [4.69, 9.17) is 0 Å². The number of amidine groups is 1. The Morgan fingerprint density at radius 3 is 2.88 bits per heavy atom. The molecule has 1 aromatic rings. The van der Waals surface area contributed by atoms with E-state index < -0.39 is 0 Å². The van der Waals surface area contributed by atoms with Crippen LogP contribution in [0, 0.1) is 0 Å². The molecule has 0 radical (unpaired) electrons. The average molecular weight is 266 g/mol. The first-order valence-electron chi connectivity index (χ1n) is 5.55. The molecule has 2 rings (SSSR count). The minimum atomic E-state index is 0.0677. The summed E-state index contributed by atoms with van der Waals surface area (Å²) in [5.41, 5.74) is 0. The minimum absolute atomic E-state index is 0.0677. The standard InChI is InChI=1S/C12H14N2OS2/c1-3-13-12-14(4-2)11(15)10(17-12)8-9-6-5-7-16-9/h5-8H,3-4H2,1-2H3. The maximum absolute atomic E-state index is 12.1. The molecule has 1 fully saturated rings. The summed E-state index contributed by atoms with van der Waals surface area (Å²) in [7, 11) is 0. The maximum Gasteiger partial charge on any atom is 0.266 e. The van der Waals surface area contributed by atoms with E-state index in [2.05, 4.69) is 4.99 Å². The molecule has 0 saturated carbocycles. The van der Waals surface area contributed by atoms with Crippen LogP contribution in [0.1, 0.15) is 18.7 Å². The quantitative estimate of drug-likeness (QED) is 0.788. The first-order valence-corrected chi connectivity index (χ1v) is 7.25. The molecule has 1 aromatic heterocycles. The second-order valence-corrected chi connectivity index (χ2v) is 5.42. The Morgan fingerprint density at radius 1 is 1.47 bits per heavy atom. The molecule has 0 unspecified atom stereocenters. The van der Waals surface area contributed by atoms with E-state index in [1.165, 1.54) is 11.8 Å². The first kappa shape index (κ1) is 12.4. The number of hydrogen-bond acceptors (Lipinski definition) is 4. The van der Waals surface area contributed by atoms with Gasteiger partial charge in [0, 0.05) is 18.0 Å². The van der Waals surface area contributed by atoms with E-state index in [0.29, 0.717) is 13.1 Å². The lowest BCUT2D eigenvalue weighted by molar-refractivity contribution is -0.122. The van der Waals surface area contributed by atoms with Crippen molar-refractivity contribution in [2.75, 3.05) is 13.1 Å². The number of hydrogen-bond donors (Lipinski definition) is 0. The fourth-order valence-electron chi connectivity index (χ4n) is 1.54. The molecule has 5 heteroatoms. The molecule has 1 amide bonds. The molecule has 0 aliphatic carbocycles. The van der Waals surface area contributed by atoms with E-state index in [-0.39, 0.29) is 5.91 Å². The van der Waals surface area contributed by atoms with Gasteiger partial charge in [0.15, 0.2) is 5.17 Å². The molecule has 2 heterocycles. The minimum Gasteiger partial charge on any atom is -0.287 e. The number of carbonyl (C=O) groups is 1. The third-order valence-electron chi connectivity index (χ3n) is 2.31. The van der Waals surface area contributed by atoms with Crippen molar-refractivity contribution in [2.45, 2.75) is 13.8 Å². The summed E-state index contributed by atoms with van der Waals surface area (Å²) in [4.78, 5) is 20.1. The van der Waals surface area contributed by atoms with Crippen LogP contribution in [0.3, 0.4) is 0 Å². The van der Waals surface area contributed by atoms with E-state index in [9.17, 15) is 4.79 Å². The molecule has 1 saturated heterocycles. The summed E-state index contributed by atoms with van der Waals surface area (Å²) in [6.07, 6.45) is 1.94. The Hall–Kier alpha value is -1.07. The van der Waals surface area contributed by atoms with Crippen LogP contribution in [0.25, 0.3) is 6.08 Å². The van der Waals surface area contributed by atoms with Gasteiger partial charge in [0.25, 0.3) is 5.91 Å². The van der Waals surface area contributed by atoms with Gasteiger partial charge in [0.1, 0.15) is 0 Å². The van der Waals surface area contributed by atoms with Gasteiger partial charge in [-0.25, -0.2) is 0 Å². The van der Waals surface area contributed by atoms with Crippen LogP contribution in [0.15, 0.2) is 27.4 Å². The van der Waals surface area contributed by atoms with Gasteiger partial charge in [-0.15, -0.1) is 11.3 Å². The fourth-order valence-corrected chi connectivity index (χ4v) is 3.37.